The van der Waals surface area contributed by atoms with Crippen molar-refractivity contribution in [1.29, 1.82) is 0 Å². The smallest absolute Gasteiger partial charge is 0.273 e. The van der Waals surface area contributed by atoms with E-state index < -0.39 is 5.91 Å². The van der Waals surface area contributed by atoms with Gasteiger partial charge < -0.3 is 20.5 Å². The number of aryl methyl sites for hydroxylation is 1. The second kappa shape index (κ2) is 7.72. The first-order valence-electron chi connectivity index (χ1n) is 9.30. The van der Waals surface area contributed by atoms with Crippen LogP contribution in [0.1, 0.15) is 33.7 Å². The molecule has 0 radical (unpaired) electrons. The Hall–Kier alpha value is -2.51. The first kappa shape index (κ1) is 19.8. The summed E-state index contributed by atoms with van der Waals surface area (Å²) in [4.78, 5) is 27.1. The van der Waals surface area contributed by atoms with E-state index in [4.69, 9.17) is 17.3 Å². The van der Waals surface area contributed by atoms with Crippen molar-refractivity contribution in [3.05, 3.63) is 57.2 Å². The Morgan fingerprint density at radius 3 is 2.55 bits per heavy atom. The molecule has 6 nitrogen and oxygen atoms in total. The summed E-state index contributed by atoms with van der Waals surface area (Å²) in [5.74, 6) is -0.882. The number of nitrogens with zero attached hydrogens (tertiary/aromatic N) is 2. The van der Waals surface area contributed by atoms with Crippen LogP contribution in [0, 0.1) is 0 Å². The molecule has 1 fully saturated rings. The number of hydrogen-bond acceptors (Lipinski definition) is 3. The Labute approximate surface area is 181 Å². The lowest BCUT2D eigenvalue weighted by Crippen LogP contribution is -2.23. The van der Waals surface area contributed by atoms with E-state index in [2.05, 4.69) is 26.1 Å². The minimum absolute atomic E-state index is 0.341. The zero-order chi connectivity index (χ0) is 20.7. The van der Waals surface area contributed by atoms with Gasteiger partial charge in [0, 0.05) is 41.1 Å². The molecule has 4 rings (SSSR count). The van der Waals surface area contributed by atoms with Gasteiger partial charge in [0.15, 0.2) is 0 Å². The Morgan fingerprint density at radius 2 is 1.86 bits per heavy atom. The molecule has 0 spiro atoms. The number of carbonyl (C=O) groups is 2. The maximum Gasteiger partial charge on any atom is 0.273 e. The lowest BCUT2D eigenvalue weighted by molar-refractivity contribution is 0.0995. The molecule has 2 amide bonds. The second-order valence-electron chi connectivity index (χ2n) is 7.13. The molecule has 2 aromatic carbocycles. The molecule has 1 aromatic heterocycles. The summed E-state index contributed by atoms with van der Waals surface area (Å²) in [5.41, 5.74) is 8.43. The molecule has 3 aromatic rings. The number of fused-ring (bicyclic) bond motifs is 1. The summed E-state index contributed by atoms with van der Waals surface area (Å²) in [6.07, 6.45) is 2.18. The van der Waals surface area contributed by atoms with Gasteiger partial charge in [-0.25, -0.2) is 0 Å². The van der Waals surface area contributed by atoms with E-state index in [0.29, 0.717) is 22.0 Å². The van der Waals surface area contributed by atoms with E-state index in [9.17, 15) is 9.59 Å². The molecule has 1 aliphatic heterocycles. The third-order valence-electron chi connectivity index (χ3n) is 5.29. The van der Waals surface area contributed by atoms with Crippen molar-refractivity contribution >= 4 is 61.6 Å². The predicted octanol–water partition coefficient (Wildman–Crippen LogP) is 4.55. The minimum Gasteiger partial charge on any atom is -0.370 e. The molecule has 3 N–H and O–H groups in total. The molecule has 0 unspecified atom stereocenters. The molecule has 1 aliphatic rings. The Kier molecular flexibility index (Phi) is 5.27. The van der Waals surface area contributed by atoms with Crippen LogP contribution in [0.4, 0.5) is 11.4 Å². The van der Waals surface area contributed by atoms with Gasteiger partial charge in [0.05, 0.1) is 16.4 Å². The van der Waals surface area contributed by atoms with Gasteiger partial charge in [-0.3, -0.25) is 9.59 Å². The number of rotatable bonds is 4. The average Bonchev–Trinajstić information content (AvgIpc) is 3.29. The zero-order valence-electron chi connectivity index (χ0n) is 15.8. The van der Waals surface area contributed by atoms with Crippen LogP contribution in [-0.4, -0.2) is 29.5 Å². The largest absolute Gasteiger partial charge is 0.370 e. The highest BCUT2D eigenvalue weighted by molar-refractivity contribution is 9.10. The van der Waals surface area contributed by atoms with Gasteiger partial charge in [-0.15, -0.1) is 0 Å². The van der Waals surface area contributed by atoms with Crippen LogP contribution < -0.4 is 16.0 Å². The van der Waals surface area contributed by atoms with Crippen LogP contribution in [0.5, 0.6) is 0 Å². The number of nitrogens with two attached hydrogens (primary N) is 1. The number of aromatic nitrogens is 1. The third-order valence-corrected chi connectivity index (χ3v) is 6.17. The topological polar surface area (TPSA) is 80.4 Å². The number of hydrogen-bond donors (Lipinski definition) is 2. The van der Waals surface area contributed by atoms with Gasteiger partial charge in [0.2, 0.25) is 5.91 Å². The average molecular weight is 476 g/mol. The molecule has 2 heterocycles. The van der Waals surface area contributed by atoms with E-state index in [0.717, 1.165) is 47.0 Å². The van der Waals surface area contributed by atoms with Crippen LogP contribution in [0.15, 0.2) is 40.9 Å². The predicted molar refractivity (Wildman–Crippen MR) is 120 cm³/mol. The first-order valence-corrected chi connectivity index (χ1v) is 10.5. The fourth-order valence-electron chi connectivity index (χ4n) is 3.83. The maximum absolute atomic E-state index is 13.2. The molecule has 0 bridgehead atoms. The van der Waals surface area contributed by atoms with Crippen LogP contribution in [0.3, 0.4) is 0 Å². The van der Waals surface area contributed by atoms with Crippen molar-refractivity contribution in [1.82, 2.24) is 4.57 Å². The summed E-state index contributed by atoms with van der Waals surface area (Å²) < 4.78 is 2.65. The van der Waals surface area contributed by atoms with E-state index in [-0.39, 0.29) is 5.91 Å². The molecular formula is C21H20BrClN4O2. The van der Waals surface area contributed by atoms with Crippen molar-refractivity contribution in [3.63, 3.8) is 0 Å². The van der Waals surface area contributed by atoms with Gasteiger partial charge in [-0.05, 0) is 49.2 Å². The Balaban J connectivity index is 1.76. The first-order chi connectivity index (χ1) is 13.9. The van der Waals surface area contributed by atoms with Crippen LogP contribution >= 0.6 is 27.5 Å². The second-order valence-corrected chi connectivity index (χ2v) is 8.42. The summed E-state index contributed by atoms with van der Waals surface area (Å²) in [6, 6.07) is 10.8. The maximum atomic E-state index is 13.2. The van der Waals surface area contributed by atoms with Crippen molar-refractivity contribution in [2.24, 2.45) is 12.8 Å². The summed E-state index contributed by atoms with van der Waals surface area (Å²) >= 11 is 10.00. The molecular weight excluding hydrogens is 456 g/mol. The number of primary amides is 1. The molecule has 0 atom stereocenters. The van der Waals surface area contributed by atoms with Crippen LogP contribution in [-0.2, 0) is 7.05 Å². The quantitative estimate of drug-likeness (QED) is 0.581. The molecule has 29 heavy (non-hydrogen) atoms. The van der Waals surface area contributed by atoms with Crippen molar-refractivity contribution < 1.29 is 9.59 Å². The number of carbonyl (C=O) groups excluding carboxylic acids is 2. The number of amides is 2. The number of anilines is 2. The van der Waals surface area contributed by atoms with E-state index >= 15 is 0 Å². The van der Waals surface area contributed by atoms with Gasteiger partial charge >= 0.3 is 0 Å². The molecule has 8 heteroatoms. The van der Waals surface area contributed by atoms with E-state index in [1.165, 1.54) is 0 Å². The fourth-order valence-corrected chi connectivity index (χ4v) is 4.55. The number of nitrogens with one attached hydrogen (secondary N) is 1. The molecule has 0 saturated carbocycles. The standard InChI is InChI=1S/C21H20BrClN4O2/c1-26-16-7-5-13(22)11-14(16)18(23)19(26)21(29)25-15-10-12(20(24)28)4-6-17(15)27-8-2-3-9-27/h4-7,10-11H,2-3,8-9H2,1H3,(H2,24,28)(H,25,29). The van der Waals surface area contributed by atoms with Crippen LogP contribution in [0.2, 0.25) is 5.02 Å². The lowest BCUT2D eigenvalue weighted by Gasteiger charge is -2.22. The SMILES string of the molecule is Cn1c(C(=O)Nc2cc(C(N)=O)ccc2N2CCCC2)c(Cl)c2cc(Br)ccc21. The molecule has 150 valence electrons. The van der Waals surface area contributed by atoms with Crippen molar-refractivity contribution in [3.8, 4) is 0 Å². The van der Waals surface area contributed by atoms with Crippen LogP contribution in [0.25, 0.3) is 10.9 Å². The number of benzene rings is 2. The van der Waals surface area contributed by atoms with Crippen molar-refractivity contribution in [2.75, 3.05) is 23.3 Å². The molecule has 0 aliphatic carbocycles. The fraction of sp³-hybridized carbons (Fsp3) is 0.238. The normalized spacial score (nSPS) is 13.8. The highest BCUT2D eigenvalue weighted by Gasteiger charge is 2.23. The number of halogens is 2. The zero-order valence-corrected chi connectivity index (χ0v) is 18.2. The Morgan fingerprint density at radius 1 is 1.14 bits per heavy atom. The van der Waals surface area contributed by atoms with Gasteiger partial charge in [-0.2, -0.15) is 0 Å². The summed E-state index contributed by atoms with van der Waals surface area (Å²) in [6.45, 7) is 1.81. The minimum atomic E-state index is -0.541. The van der Waals surface area contributed by atoms with E-state index in [1.54, 1.807) is 23.7 Å². The lowest BCUT2D eigenvalue weighted by atomic mass is 10.1. The highest BCUT2D eigenvalue weighted by Crippen LogP contribution is 2.34. The molecule has 1 saturated heterocycles. The van der Waals surface area contributed by atoms with Crippen molar-refractivity contribution in [2.45, 2.75) is 12.8 Å². The van der Waals surface area contributed by atoms with Gasteiger partial charge in [0.25, 0.3) is 5.91 Å². The van der Waals surface area contributed by atoms with E-state index in [1.807, 2.05) is 24.3 Å². The highest BCUT2D eigenvalue weighted by atomic mass is 79.9. The van der Waals surface area contributed by atoms with Gasteiger partial charge in [0.1, 0.15) is 5.69 Å². The summed E-state index contributed by atoms with van der Waals surface area (Å²) in [5, 5.41) is 4.13. The summed E-state index contributed by atoms with van der Waals surface area (Å²) in [7, 11) is 1.80. The third kappa shape index (κ3) is 3.60. The monoisotopic (exact) mass is 474 g/mol. The van der Waals surface area contributed by atoms with Gasteiger partial charge in [-0.1, -0.05) is 27.5 Å². The Bertz CT molecular complexity index is 1140.